The van der Waals surface area contributed by atoms with Gasteiger partial charge in [-0.1, -0.05) is 24.3 Å². The van der Waals surface area contributed by atoms with Crippen LogP contribution < -0.4 is 5.32 Å². The third kappa shape index (κ3) is 5.43. The van der Waals surface area contributed by atoms with Gasteiger partial charge >= 0.3 is 0 Å². The van der Waals surface area contributed by atoms with Gasteiger partial charge in [-0.05, 0) is 30.5 Å². The van der Waals surface area contributed by atoms with Crippen LogP contribution >= 0.6 is 11.3 Å². The number of hydrogen-bond donors (Lipinski definition) is 1. The number of thiophene rings is 1. The molecule has 1 aliphatic heterocycles. The Morgan fingerprint density at radius 1 is 1.03 bits per heavy atom. The Hall–Kier alpha value is -2.23. The van der Waals surface area contributed by atoms with Crippen molar-refractivity contribution in [1.82, 2.24) is 14.5 Å². The lowest BCUT2D eigenvalue weighted by atomic mass is 10.2. The summed E-state index contributed by atoms with van der Waals surface area (Å²) in [6.45, 7) is 3.09. The number of nitrogens with zero attached hydrogens (tertiary/aromatic N) is 2. The fourth-order valence-corrected chi connectivity index (χ4v) is 5.40. The summed E-state index contributed by atoms with van der Waals surface area (Å²) in [4.78, 5) is 27.5. The Morgan fingerprint density at radius 2 is 1.72 bits per heavy atom. The lowest BCUT2D eigenvalue weighted by Crippen LogP contribution is -2.50. The number of rotatable bonds is 7. The van der Waals surface area contributed by atoms with Gasteiger partial charge in [0.15, 0.2) is 0 Å². The number of amides is 2. The first-order valence-electron chi connectivity index (χ1n) is 9.53. The Morgan fingerprint density at radius 3 is 2.34 bits per heavy atom. The van der Waals surface area contributed by atoms with Gasteiger partial charge in [0.25, 0.3) is 0 Å². The first kappa shape index (κ1) is 21.5. The van der Waals surface area contributed by atoms with E-state index in [1.54, 1.807) is 46.6 Å². The van der Waals surface area contributed by atoms with Crippen LogP contribution in [0.2, 0.25) is 0 Å². The van der Waals surface area contributed by atoms with Crippen LogP contribution in [0.1, 0.15) is 30.7 Å². The fraction of sp³-hybridized carbons (Fsp3) is 0.400. The highest BCUT2D eigenvalue weighted by Crippen LogP contribution is 2.19. The maximum absolute atomic E-state index is 12.6. The molecule has 1 fully saturated rings. The Labute approximate surface area is 175 Å². The lowest BCUT2D eigenvalue weighted by Gasteiger charge is -2.34. The normalized spacial score (nSPS) is 16.4. The van der Waals surface area contributed by atoms with Crippen LogP contribution in [0.3, 0.4) is 0 Å². The van der Waals surface area contributed by atoms with Crippen molar-refractivity contribution in [2.75, 3.05) is 26.2 Å². The molecule has 9 heteroatoms. The number of nitrogens with one attached hydrogen (secondary N) is 1. The smallest absolute Gasteiger partial charge is 0.243 e. The molecular formula is C20H25N3O4S2. The van der Waals surface area contributed by atoms with Crippen molar-refractivity contribution < 1.29 is 18.0 Å². The molecular weight excluding hydrogens is 410 g/mol. The van der Waals surface area contributed by atoms with Crippen molar-refractivity contribution >= 4 is 33.2 Å². The van der Waals surface area contributed by atoms with Crippen molar-refractivity contribution in [3.8, 4) is 0 Å². The molecule has 156 valence electrons. The second-order valence-corrected chi connectivity index (χ2v) is 9.82. The summed E-state index contributed by atoms with van der Waals surface area (Å²) in [6.07, 6.45) is 0.242. The maximum atomic E-state index is 12.6. The molecule has 1 aromatic heterocycles. The molecule has 29 heavy (non-hydrogen) atoms. The molecule has 0 radical (unpaired) electrons. The van der Waals surface area contributed by atoms with Gasteiger partial charge in [-0.15, -0.1) is 11.3 Å². The van der Waals surface area contributed by atoms with Crippen molar-refractivity contribution in [3.05, 3.63) is 52.7 Å². The molecule has 1 atom stereocenters. The van der Waals surface area contributed by atoms with Gasteiger partial charge < -0.3 is 10.2 Å². The van der Waals surface area contributed by atoms with Crippen LogP contribution in [0.25, 0.3) is 0 Å². The molecule has 1 saturated heterocycles. The molecule has 1 N–H and O–H groups in total. The molecule has 2 heterocycles. The lowest BCUT2D eigenvalue weighted by molar-refractivity contribution is -0.134. The fourth-order valence-electron chi connectivity index (χ4n) is 3.22. The summed E-state index contributed by atoms with van der Waals surface area (Å²) in [7, 11) is -3.54. The van der Waals surface area contributed by atoms with E-state index < -0.39 is 10.0 Å². The monoisotopic (exact) mass is 435 g/mol. The van der Waals surface area contributed by atoms with Crippen LogP contribution in [0, 0.1) is 0 Å². The van der Waals surface area contributed by atoms with Crippen LogP contribution in [-0.4, -0.2) is 55.6 Å². The molecule has 0 saturated carbocycles. The first-order valence-corrected chi connectivity index (χ1v) is 11.9. The minimum Gasteiger partial charge on any atom is -0.349 e. The molecule has 7 nitrogen and oxygen atoms in total. The number of sulfonamides is 1. The summed E-state index contributed by atoms with van der Waals surface area (Å²) in [5.74, 6) is -0.287. The van der Waals surface area contributed by atoms with E-state index >= 15 is 0 Å². The van der Waals surface area contributed by atoms with E-state index in [0.717, 1.165) is 4.88 Å². The van der Waals surface area contributed by atoms with Crippen LogP contribution in [-0.2, 0) is 19.6 Å². The van der Waals surface area contributed by atoms with E-state index in [1.807, 2.05) is 24.4 Å². The van der Waals surface area contributed by atoms with Crippen molar-refractivity contribution in [3.63, 3.8) is 0 Å². The quantitative estimate of drug-likeness (QED) is 0.723. The van der Waals surface area contributed by atoms with Gasteiger partial charge in [-0.3, -0.25) is 9.59 Å². The van der Waals surface area contributed by atoms with E-state index in [2.05, 4.69) is 5.32 Å². The van der Waals surface area contributed by atoms with E-state index in [9.17, 15) is 18.0 Å². The van der Waals surface area contributed by atoms with E-state index in [4.69, 9.17) is 0 Å². The number of hydrogen-bond acceptors (Lipinski definition) is 5. The zero-order chi connectivity index (χ0) is 20.9. The Bertz CT molecular complexity index is 922. The zero-order valence-electron chi connectivity index (χ0n) is 16.3. The van der Waals surface area contributed by atoms with Gasteiger partial charge in [0.2, 0.25) is 21.8 Å². The molecule has 0 bridgehead atoms. The van der Waals surface area contributed by atoms with E-state index in [1.165, 1.54) is 4.31 Å². The standard InChI is InChI=1S/C20H25N3O4S2/c1-16(18-8-5-15-28-18)21-19(24)9-10-20(25)22-11-13-23(14-12-22)29(26,27)17-6-3-2-4-7-17/h2-8,15-16H,9-14H2,1H3,(H,21,24)/t16-/m1/s1. The highest BCUT2D eigenvalue weighted by atomic mass is 32.2. The predicted molar refractivity (Wildman–Crippen MR) is 112 cm³/mol. The molecule has 2 aromatic rings. The molecule has 1 aliphatic rings. The zero-order valence-corrected chi connectivity index (χ0v) is 17.9. The average Bonchev–Trinajstić information content (AvgIpc) is 3.28. The second kappa shape index (κ2) is 9.51. The van der Waals surface area contributed by atoms with Crippen molar-refractivity contribution in [2.24, 2.45) is 0 Å². The van der Waals surface area contributed by atoms with Crippen LogP contribution in [0.15, 0.2) is 52.7 Å². The molecule has 0 spiro atoms. The second-order valence-electron chi connectivity index (χ2n) is 6.90. The topological polar surface area (TPSA) is 86.8 Å². The van der Waals surface area contributed by atoms with Crippen molar-refractivity contribution in [1.29, 1.82) is 0 Å². The number of piperazine rings is 1. The highest BCUT2D eigenvalue weighted by Gasteiger charge is 2.30. The number of carbonyl (C=O) groups is 2. The van der Waals surface area contributed by atoms with E-state index in [0.29, 0.717) is 13.1 Å². The summed E-state index contributed by atoms with van der Waals surface area (Å²) >= 11 is 1.58. The molecule has 2 amide bonds. The average molecular weight is 436 g/mol. The highest BCUT2D eigenvalue weighted by molar-refractivity contribution is 7.89. The predicted octanol–water partition coefficient (Wildman–Crippen LogP) is 2.24. The largest absolute Gasteiger partial charge is 0.349 e. The summed E-state index contributed by atoms with van der Waals surface area (Å²) in [6, 6.07) is 12.1. The van der Waals surface area contributed by atoms with Gasteiger partial charge in [0, 0.05) is 43.9 Å². The first-order chi connectivity index (χ1) is 13.9. The maximum Gasteiger partial charge on any atom is 0.243 e. The van der Waals surface area contributed by atoms with Crippen LogP contribution in [0.4, 0.5) is 0 Å². The van der Waals surface area contributed by atoms with Gasteiger partial charge in [-0.25, -0.2) is 8.42 Å². The van der Waals surface area contributed by atoms with Crippen LogP contribution in [0.5, 0.6) is 0 Å². The molecule has 3 rings (SSSR count). The number of carbonyl (C=O) groups excluding carboxylic acids is 2. The van der Waals surface area contributed by atoms with Gasteiger partial charge in [-0.2, -0.15) is 4.31 Å². The summed E-state index contributed by atoms with van der Waals surface area (Å²) in [5.41, 5.74) is 0. The van der Waals surface area contributed by atoms with Crippen molar-refractivity contribution in [2.45, 2.75) is 30.7 Å². The molecule has 0 aliphatic carbocycles. The molecule has 0 unspecified atom stereocenters. The van der Waals surface area contributed by atoms with E-state index in [-0.39, 0.29) is 48.7 Å². The summed E-state index contributed by atoms with van der Waals surface area (Å²) < 4.78 is 26.7. The minimum atomic E-state index is -3.54. The number of benzene rings is 1. The SMILES string of the molecule is C[C@@H](NC(=O)CCC(=O)N1CCN(S(=O)(=O)c2ccccc2)CC1)c1cccs1. The molecule has 1 aromatic carbocycles. The minimum absolute atomic E-state index is 0.0793. The third-order valence-electron chi connectivity index (χ3n) is 4.89. The summed E-state index contributed by atoms with van der Waals surface area (Å²) in [5, 5.41) is 4.86. The van der Waals surface area contributed by atoms with Gasteiger partial charge in [0.05, 0.1) is 10.9 Å². The third-order valence-corrected chi connectivity index (χ3v) is 7.85. The Balaban J connectivity index is 1.45. The van der Waals surface area contributed by atoms with Gasteiger partial charge in [0.1, 0.15) is 0 Å². The Kier molecular flexibility index (Phi) is 7.05.